The maximum atomic E-state index is 5.73. The van der Waals surface area contributed by atoms with Crippen LogP contribution < -0.4 is 0 Å². The average Bonchev–Trinajstić information content (AvgIpc) is 2.68. The minimum absolute atomic E-state index is 0.692. The number of aryl methyl sites for hydroxylation is 1. The summed E-state index contributed by atoms with van der Waals surface area (Å²) in [5.41, 5.74) is 1.32. The van der Waals surface area contributed by atoms with Gasteiger partial charge in [-0.3, -0.25) is 0 Å². The van der Waals surface area contributed by atoms with Gasteiger partial charge in [-0.2, -0.15) is 0 Å². The molecule has 0 spiro atoms. The van der Waals surface area contributed by atoms with Crippen molar-refractivity contribution in [3.63, 3.8) is 0 Å². The van der Waals surface area contributed by atoms with Crippen LogP contribution in [0.15, 0.2) is 30.3 Å². The van der Waals surface area contributed by atoms with E-state index in [-0.39, 0.29) is 0 Å². The first-order valence-electron chi connectivity index (χ1n) is 12.0. The van der Waals surface area contributed by atoms with E-state index in [9.17, 15) is 0 Å². The summed E-state index contributed by atoms with van der Waals surface area (Å²) in [6.45, 7) is 2.08. The zero-order valence-corrected chi connectivity index (χ0v) is 23.3. The number of benzene rings is 1. The van der Waals surface area contributed by atoms with E-state index in [0.717, 1.165) is 6.42 Å². The molecule has 4 heteroatoms. The van der Waals surface area contributed by atoms with Gasteiger partial charge in [-0.15, -0.1) is 0 Å². The molecule has 170 valence electrons. The third-order valence-corrected chi connectivity index (χ3v) is 6.53. The summed E-state index contributed by atoms with van der Waals surface area (Å²) in [5.74, 6) is 0. The second-order valence-corrected chi connectivity index (χ2v) is 11.8. The van der Waals surface area contributed by atoms with Crippen molar-refractivity contribution >= 4 is 45.0 Å². The predicted octanol–water partition coefficient (Wildman–Crippen LogP) is 9.38. The number of alkyl halides is 3. The van der Waals surface area contributed by atoms with Crippen molar-refractivity contribution in [2.45, 2.75) is 119 Å². The minimum atomic E-state index is -1.04. The van der Waals surface area contributed by atoms with Gasteiger partial charge in [0.15, 0.2) is 3.79 Å². The monoisotopic (exact) mass is 478 g/mol. The van der Waals surface area contributed by atoms with E-state index in [1.54, 1.807) is 0 Å². The SMILES string of the molecule is Cc1ccccc1.[SiH3]CCCCCCCCCCCCCCCCCC(Cl)(Cl)Cl. The van der Waals surface area contributed by atoms with Crippen molar-refractivity contribution in [3.8, 4) is 0 Å². The fourth-order valence-corrected chi connectivity index (χ4v) is 4.31. The largest absolute Gasteiger partial charge is 0.190 e. The highest BCUT2D eigenvalue weighted by atomic mass is 35.6. The van der Waals surface area contributed by atoms with E-state index in [0.29, 0.717) is 6.42 Å². The smallest absolute Gasteiger partial charge is 0.0837 e. The van der Waals surface area contributed by atoms with E-state index in [1.807, 2.05) is 18.2 Å². The van der Waals surface area contributed by atoms with Gasteiger partial charge in [0, 0.05) is 10.2 Å². The van der Waals surface area contributed by atoms with Crippen LogP contribution >= 0.6 is 34.8 Å². The third-order valence-electron chi connectivity index (χ3n) is 5.25. The maximum Gasteiger partial charge on any atom is 0.190 e. The second kappa shape index (κ2) is 21.5. The number of unbranched alkanes of at least 4 members (excludes halogenated alkanes) is 14. The Hall–Kier alpha value is 0.307. The summed E-state index contributed by atoms with van der Waals surface area (Å²) in [6.07, 6.45) is 21.5. The molecule has 1 rings (SSSR count). The molecule has 29 heavy (non-hydrogen) atoms. The molecule has 0 bridgehead atoms. The lowest BCUT2D eigenvalue weighted by molar-refractivity contribution is 0.530. The first-order chi connectivity index (χ1) is 14.0. The molecule has 0 aromatic heterocycles. The average molecular weight is 480 g/mol. The zero-order valence-electron chi connectivity index (χ0n) is 19.0. The van der Waals surface area contributed by atoms with Gasteiger partial charge in [0.2, 0.25) is 0 Å². The molecule has 1 aromatic carbocycles. The number of hydrogen-bond acceptors (Lipinski definition) is 0. The van der Waals surface area contributed by atoms with Crippen LogP contribution in [0.4, 0.5) is 0 Å². The molecule has 0 fully saturated rings. The first-order valence-corrected chi connectivity index (χ1v) is 14.6. The van der Waals surface area contributed by atoms with E-state index in [2.05, 4.69) is 19.1 Å². The number of halogens is 3. The highest BCUT2D eigenvalue weighted by Crippen LogP contribution is 2.32. The highest BCUT2D eigenvalue weighted by Gasteiger charge is 2.17. The topological polar surface area (TPSA) is 0 Å². The summed E-state index contributed by atoms with van der Waals surface area (Å²) in [7, 11) is 1.39. The molecule has 0 saturated heterocycles. The van der Waals surface area contributed by atoms with E-state index in [4.69, 9.17) is 34.8 Å². The van der Waals surface area contributed by atoms with Crippen molar-refractivity contribution in [2.75, 3.05) is 0 Å². The normalized spacial score (nSPS) is 11.3. The molecular weight excluding hydrogens is 435 g/mol. The van der Waals surface area contributed by atoms with Crippen LogP contribution in [0.2, 0.25) is 6.04 Å². The molecule has 0 aliphatic heterocycles. The van der Waals surface area contributed by atoms with Gasteiger partial charge in [-0.1, -0.05) is 167 Å². The predicted molar refractivity (Wildman–Crippen MR) is 140 cm³/mol. The van der Waals surface area contributed by atoms with Crippen LogP contribution in [0.5, 0.6) is 0 Å². The third kappa shape index (κ3) is 26.3. The van der Waals surface area contributed by atoms with Crippen molar-refractivity contribution in [1.82, 2.24) is 0 Å². The molecule has 0 saturated carbocycles. The van der Waals surface area contributed by atoms with E-state index < -0.39 is 3.79 Å². The lowest BCUT2D eigenvalue weighted by atomic mass is 10.0. The Labute approximate surface area is 199 Å². The lowest BCUT2D eigenvalue weighted by Gasteiger charge is -2.09. The molecule has 0 aliphatic rings. The van der Waals surface area contributed by atoms with Crippen LogP contribution in [-0.2, 0) is 0 Å². The molecule has 0 aliphatic carbocycles. The van der Waals surface area contributed by atoms with E-state index in [1.165, 1.54) is 112 Å². The fourth-order valence-electron chi connectivity index (χ4n) is 3.41. The Kier molecular flexibility index (Phi) is 21.8. The van der Waals surface area contributed by atoms with Gasteiger partial charge in [0.25, 0.3) is 0 Å². The van der Waals surface area contributed by atoms with Crippen LogP contribution in [-0.4, -0.2) is 14.0 Å². The lowest BCUT2D eigenvalue weighted by Crippen LogP contribution is -2.00. The summed E-state index contributed by atoms with van der Waals surface area (Å²) in [6, 6.07) is 11.8. The van der Waals surface area contributed by atoms with Crippen LogP contribution in [0.3, 0.4) is 0 Å². The van der Waals surface area contributed by atoms with Crippen LogP contribution in [0, 0.1) is 6.92 Å². The van der Waals surface area contributed by atoms with Gasteiger partial charge in [0.05, 0.1) is 0 Å². The van der Waals surface area contributed by atoms with E-state index >= 15 is 0 Å². The van der Waals surface area contributed by atoms with Gasteiger partial charge in [0.1, 0.15) is 0 Å². The zero-order chi connectivity index (χ0) is 21.6. The quantitative estimate of drug-likeness (QED) is 0.126. The van der Waals surface area contributed by atoms with Crippen molar-refractivity contribution < 1.29 is 0 Å². The molecule has 0 heterocycles. The van der Waals surface area contributed by atoms with Crippen LogP contribution in [0.25, 0.3) is 0 Å². The maximum absolute atomic E-state index is 5.73. The Morgan fingerprint density at radius 3 is 1.21 bits per heavy atom. The minimum Gasteiger partial charge on any atom is -0.0837 e. The summed E-state index contributed by atoms with van der Waals surface area (Å²) in [4.78, 5) is 0. The first kappa shape index (κ1) is 29.3. The second-order valence-electron chi connectivity index (χ2n) is 8.32. The Balaban J connectivity index is 0.000000929. The molecule has 0 radical (unpaired) electrons. The van der Waals surface area contributed by atoms with Crippen molar-refractivity contribution in [1.29, 1.82) is 0 Å². The van der Waals surface area contributed by atoms with Gasteiger partial charge < -0.3 is 0 Å². The molecule has 0 nitrogen and oxygen atoms in total. The Morgan fingerprint density at radius 2 is 0.931 bits per heavy atom. The molecular formula is C25H45Cl3Si. The fraction of sp³-hybridized carbons (Fsp3) is 0.760. The van der Waals surface area contributed by atoms with Crippen molar-refractivity contribution in [2.24, 2.45) is 0 Å². The summed E-state index contributed by atoms with van der Waals surface area (Å²) >= 11 is 17.2. The molecule has 1 aromatic rings. The number of hydrogen-bond donors (Lipinski definition) is 0. The molecule has 0 amide bonds. The van der Waals surface area contributed by atoms with Gasteiger partial charge in [-0.25, -0.2) is 0 Å². The van der Waals surface area contributed by atoms with Crippen LogP contribution in [0.1, 0.15) is 108 Å². The van der Waals surface area contributed by atoms with Gasteiger partial charge >= 0.3 is 0 Å². The molecule has 0 unspecified atom stereocenters. The number of rotatable bonds is 16. The molecule has 0 N–H and O–H groups in total. The standard InChI is InChI=1S/C18H37Cl3Si.C7H8/c19-18(20,21)16-14-12-10-8-6-4-2-1-3-5-7-9-11-13-15-17-22;1-7-5-3-2-4-6-7/h1-17H2,22H3;2-6H,1H3. The highest BCUT2D eigenvalue weighted by molar-refractivity contribution is 6.67. The molecule has 0 atom stereocenters. The Bertz CT molecular complexity index is 431. The summed E-state index contributed by atoms with van der Waals surface area (Å²) in [5, 5.41) is 0. The summed E-state index contributed by atoms with van der Waals surface area (Å²) < 4.78 is -1.04. The van der Waals surface area contributed by atoms with Crippen molar-refractivity contribution in [3.05, 3.63) is 35.9 Å². The Morgan fingerprint density at radius 1 is 0.586 bits per heavy atom. The van der Waals surface area contributed by atoms with Gasteiger partial charge in [-0.05, 0) is 19.8 Å².